The third-order valence-corrected chi connectivity index (χ3v) is 6.30. The lowest BCUT2D eigenvalue weighted by atomic mass is 9.92. The quantitative estimate of drug-likeness (QED) is 0.879. The molecule has 2 fully saturated rings. The highest BCUT2D eigenvalue weighted by Gasteiger charge is 2.57. The van der Waals surface area contributed by atoms with Gasteiger partial charge < -0.3 is 10.6 Å². The predicted molar refractivity (Wildman–Crippen MR) is 96.9 cm³/mol. The standard InChI is InChI=1S/C19H23N3OS/c23-17(16-12-19(16)7-10-20-11-8-19)21-9-6-15-13-24-18(22-15)14-4-2-1-3-5-14/h1-5,13,16,20H,6-12H2,(H,21,23). The average molecular weight is 341 g/mol. The number of nitrogens with one attached hydrogen (secondary N) is 2. The third kappa shape index (κ3) is 3.23. The molecular formula is C19H23N3OS. The van der Waals surface area contributed by atoms with Crippen molar-refractivity contribution in [2.45, 2.75) is 25.7 Å². The SMILES string of the molecule is O=C(NCCc1csc(-c2ccccc2)n1)C1CC12CCNCC2. The van der Waals surface area contributed by atoms with Crippen LogP contribution >= 0.6 is 11.3 Å². The molecule has 1 spiro atoms. The summed E-state index contributed by atoms with van der Waals surface area (Å²) < 4.78 is 0. The van der Waals surface area contributed by atoms with Gasteiger partial charge in [-0.2, -0.15) is 0 Å². The Labute approximate surface area is 146 Å². The number of benzene rings is 1. The van der Waals surface area contributed by atoms with Gasteiger partial charge in [0, 0.05) is 29.8 Å². The molecular weight excluding hydrogens is 318 g/mol. The summed E-state index contributed by atoms with van der Waals surface area (Å²) in [4.78, 5) is 17.0. The first kappa shape index (κ1) is 15.8. The van der Waals surface area contributed by atoms with Crippen LogP contribution in [0.2, 0.25) is 0 Å². The fourth-order valence-electron chi connectivity index (χ4n) is 3.77. The van der Waals surface area contributed by atoms with Gasteiger partial charge in [0.2, 0.25) is 5.91 Å². The second-order valence-corrected chi connectivity index (χ2v) is 7.78. The summed E-state index contributed by atoms with van der Waals surface area (Å²) in [5.41, 5.74) is 2.53. The smallest absolute Gasteiger partial charge is 0.223 e. The maximum absolute atomic E-state index is 12.3. The van der Waals surface area contributed by atoms with E-state index in [9.17, 15) is 4.79 Å². The normalized spacial score (nSPS) is 21.6. The van der Waals surface area contributed by atoms with Crippen molar-refractivity contribution in [3.05, 3.63) is 41.4 Å². The molecule has 4 rings (SSSR count). The van der Waals surface area contributed by atoms with Crippen LogP contribution in [0.5, 0.6) is 0 Å². The Kier molecular flexibility index (Phi) is 4.37. The van der Waals surface area contributed by atoms with Crippen molar-refractivity contribution in [2.24, 2.45) is 11.3 Å². The van der Waals surface area contributed by atoms with Gasteiger partial charge in [-0.25, -0.2) is 4.98 Å². The van der Waals surface area contributed by atoms with Crippen LogP contribution < -0.4 is 10.6 Å². The van der Waals surface area contributed by atoms with Gasteiger partial charge in [-0.05, 0) is 37.8 Å². The molecule has 1 unspecified atom stereocenters. The number of nitrogens with zero attached hydrogens (tertiary/aromatic N) is 1. The first-order valence-corrected chi connectivity index (χ1v) is 9.63. The van der Waals surface area contributed by atoms with Gasteiger partial charge in [0.1, 0.15) is 5.01 Å². The summed E-state index contributed by atoms with van der Waals surface area (Å²) in [7, 11) is 0. The lowest BCUT2D eigenvalue weighted by molar-refractivity contribution is -0.123. The summed E-state index contributed by atoms with van der Waals surface area (Å²) in [5, 5.41) is 9.65. The molecule has 2 heterocycles. The number of hydrogen-bond donors (Lipinski definition) is 2. The van der Waals surface area contributed by atoms with Crippen LogP contribution in [0.1, 0.15) is 25.0 Å². The highest BCUT2D eigenvalue weighted by atomic mass is 32.1. The van der Waals surface area contributed by atoms with E-state index in [1.165, 1.54) is 0 Å². The molecule has 1 aliphatic heterocycles. The van der Waals surface area contributed by atoms with Crippen LogP contribution in [0.25, 0.3) is 10.6 Å². The summed E-state index contributed by atoms with van der Waals surface area (Å²) in [5.74, 6) is 0.491. The minimum atomic E-state index is 0.245. The second-order valence-electron chi connectivity index (χ2n) is 6.92. The Hall–Kier alpha value is -1.72. The first-order valence-electron chi connectivity index (χ1n) is 8.75. The molecule has 0 bridgehead atoms. The lowest BCUT2D eigenvalue weighted by Crippen LogP contribution is -2.34. The Balaban J connectivity index is 1.26. The average Bonchev–Trinajstić information content (AvgIpc) is 3.10. The number of thiazole rings is 1. The molecule has 1 aliphatic carbocycles. The molecule has 24 heavy (non-hydrogen) atoms. The van der Waals surface area contributed by atoms with E-state index in [-0.39, 0.29) is 11.8 Å². The number of carbonyl (C=O) groups excluding carboxylic acids is 1. The Bertz CT molecular complexity index is 706. The van der Waals surface area contributed by atoms with Crippen molar-refractivity contribution in [1.29, 1.82) is 0 Å². The molecule has 1 atom stereocenters. The molecule has 1 amide bonds. The highest BCUT2D eigenvalue weighted by molar-refractivity contribution is 7.13. The molecule has 2 aromatic rings. The number of hydrogen-bond acceptors (Lipinski definition) is 4. The zero-order chi connectivity index (χ0) is 16.4. The summed E-state index contributed by atoms with van der Waals surface area (Å²) >= 11 is 1.67. The molecule has 1 saturated heterocycles. The molecule has 5 heteroatoms. The first-order chi connectivity index (χ1) is 11.8. The molecule has 2 N–H and O–H groups in total. The Morgan fingerprint density at radius 2 is 2.08 bits per heavy atom. The molecule has 2 aliphatic rings. The fraction of sp³-hybridized carbons (Fsp3) is 0.474. The van der Waals surface area contributed by atoms with E-state index in [1.807, 2.05) is 18.2 Å². The van der Waals surface area contributed by atoms with E-state index < -0.39 is 0 Å². The van der Waals surface area contributed by atoms with Gasteiger partial charge in [0.05, 0.1) is 5.69 Å². The van der Waals surface area contributed by atoms with Crippen LogP contribution in [0.15, 0.2) is 35.7 Å². The van der Waals surface area contributed by atoms with Gasteiger partial charge in [0.25, 0.3) is 0 Å². The van der Waals surface area contributed by atoms with E-state index in [2.05, 4.69) is 33.1 Å². The molecule has 4 nitrogen and oxygen atoms in total. The largest absolute Gasteiger partial charge is 0.355 e. The van der Waals surface area contributed by atoms with Gasteiger partial charge in [-0.1, -0.05) is 30.3 Å². The molecule has 1 aromatic carbocycles. The van der Waals surface area contributed by atoms with Crippen LogP contribution in [-0.2, 0) is 11.2 Å². The maximum atomic E-state index is 12.3. The topological polar surface area (TPSA) is 54.0 Å². The number of piperidine rings is 1. The van der Waals surface area contributed by atoms with E-state index in [0.29, 0.717) is 12.0 Å². The molecule has 126 valence electrons. The Morgan fingerprint density at radius 1 is 1.29 bits per heavy atom. The molecule has 1 saturated carbocycles. The minimum absolute atomic E-state index is 0.245. The van der Waals surface area contributed by atoms with E-state index in [1.54, 1.807) is 11.3 Å². The van der Waals surface area contributed by atoms with E-state index >= 15 is 0 Å². The maximum Gasteiger partial charge on any atom is 0.223 e. The monoisotopic (exact) mass is 341 g/mol. The van der Waals surface area contributed by atoms with Crippen molar-refractivity contribution in [3.8, 4) is 10.6 Å². The van der Waals surface area contributed by atoms with Crippen molar-refractivity contribution >= 4 is 17.2 Å². The van der Waals surface area contributed by atoms with Crippen molar-refractivity contribution in [2.75, 3.05) is 19.6 Å². The number of amides is 1. The van der Waals surface area contributed by atoms with Crippen LogP contribution in [0.3, 0.4) is 0 Å². The van der Waals surface area contributed by atoms with E-state index in [4.69, 9.17) is 0 Å². The lowest BCUT2D eigenvalue weighted by Gasteiger charge is -2.23. The number of carbonyl (C=O) groups is 1. The molecule has 1 aromatic heterocycles. The molecule has 0 radical (unpaired) electrons. The zero-order valence-corrected chi connectivity index (χ0v) is 14.6. The van der Waals surface area contributed by atoms with Crippen LogP contribution in [0.4, 0.5) is 0 Å². The Morgan fingerprint density at radius 3 is 2.88 bits per heavy atom. The zero-order valence-electron chi connectivity index (χ0n) is 13.8. The van der Waals surface area contributed by atoms with Crippen LogP contribution in [0, 0.1) is 11.3 Å². The summed E-state index contributed by atoms with van der Waals surface area (Å²) in [6, 6.07) is 10.2. The third-order valence-electron chi connectivity index (χ3n) is 5.36. The van der Waals surface area contributed by atoms with E-state index in [0.717, 1.165) is 55.0 Å². The minimum Gasteiger partial charge on any atom is -0.355 e. The highest BCUT2D eigenvalue weighted by Crippen LogP contribution is 2.58. The number of rotatable bonds is 5. The van der Waals surface area contributed by atoms with Gasteiger partial charge in [-0.3, -0.25) is 4.79 Å². The summed E-state index contributed by atoms with van der Waals surface area (Å²) in [6.45, 7) is 2.80. The fourth-order valence-corrected chi connectivity index (χ4v) is 4.63. The van der Waals surface area contributed by atoms with Crippen molar-refractivity contribution < 1.29 is 4.79 Å². The second kappa shape index (κ2) is 6.65. The summed E-state index contributed by atoms with van der Waals surface area (Å²) in [6.07, 6.45) is 4.18. The van der Waals surface area contributed by atoms with Gasteiger partial charge in [0.15, 0.2) is 0 Å². The van der Waals surface area contributed by atoms with Crippen LogP contribution in [-0.4, -0.2) is 30.5 Å². The number of aromatic nitrogens is 1. The van der Waals surface area contributed by atoms with Crippen molar-refractivity contribution in [3.63, 3.8) is 0 Å². The van der Waals surface area contributed by atoms with Gasteiger partial charge >= 0.3 is 0 Å². The van der Waals surface area contributed by atoms with Gasteiger partial charge in [-0.15, -0.1) is 11.3 Å². The predicted octanol–water partition coefficient (Wildman–Crippen LogP) is 2.86. The van der Waals surface area contributed by atoms with Crippen molar-refractivity contribution in [1.82, 2.24) is 15.6 Å².